The van der Waals surface area contributed by atoms with E-state index in [0.717, 1.165) is 0 Å². The molecule has 0 aliphatic carbocycles. The lowest BCUT2D eigenvalue weighted by Crippen LogP contribution is -2.26. The maximum absolute atomic E-state index is 13.4. The molecule has 0 fully saturated rings. The number of carboxylic acid groups (broad SMARTS) is 1. The molecule has 6 heteroatoms. The van der Waals surface area contributed by atoms with Gasteiger partial charge in [-0.15, -0.1) is 0 Å². The number of hydrogen-bond donors (Lipinski definition) is 1. The Balaban J connectivity index is 2.73. The molecular formula is C12H12ClFO4. The van der Waals surface area contributed by atoms with Crippen LogP contribution in [-0.2, 0) is 20.9 Å². The number of carbonyl (C=O) groups is 2. The molecule has 1 rings (SSSR count). The highest BCUT2D eigenvalue weighted by atomic mass is 35.5. The highest BCUT2D eigenvalue weighted by Crippen LogP contribution is 2.20. The van der Waals surface area contributed by atoms with E-state index in [1.165, 1.54) is 25.1 Å². The molecule has 0 saturated carbocycles. The van der Waals surface area contributed by atoms with Crippen molar-refractivity contribution in [3.8, 4) is 0 Å². The first kappa shape index (κ1) is 14.6. The molecule has 4 nitrogen and oxygen atoms in total. The number of rotatable bonds is 6. The van der Waals surface area contributed by atoms with E-state index in [-0.39, 0.29) is 29.4 Å². The summed E-state index contributed by atoms with van der Waals surface area (Å²) in [5.74, 6) is -2.16. The van der Waals surface area contributed by atoms with Gasteiger partial charge in [-0.05, 0) is 19.1 Å². The molecule has 0 aliphatic rings. The van der Waals surface area contributed by atoms with Gasteiger partial charge in [-0.25, -0.2) is 9.18 Å². The zero-order valence-electron chi connectivity index (χ0n) is 9.65. The lowest BCUT2D eigenvalue weighted by molar-refractivity contribution is -0.153. The van der Waals surface area contributed by atoms with Crippen molar-refractivity contribution in [1.29, 1.82) is 0 Å². The SMILES string of the molecule is CC(=O)CC(OCc1c(F)cccc1Cl)C(=O)O. The Bertz CT molecular complexity index is 441. The van der Waals surface area contributed by atoms with Crippen molar-refractivity contribution in [3.63, 3.8) is 0 Å². The van der Waals surface area contributed by atoms with Gasteiger partial charge in [-0.3, -0.25) is 4.79 Å². The van der Waals surface area contributed by atoms with Gasteiger partial charge < -0.3 is 9.84 Å². The minimum Gasteiger partial charge on any atom is -0.479 e. The standard InChI is InChI=1S/C12H12ClFO4/c1-7(15)5-11(12(16)17)18-6-8-9(13)3-2-4-10(8)14/h2-4,11H,5-6H2,1H3,(H,16,17). The number of ether oxygens (including phenoxy) is 1. The predicted octanol–water partition coefficient (Wildman–Crippen LogP) is 2.43. The Labute approximate surface area is 108 Å². The Morgan fingerprint density at radius 2 is 2.17 bits per heavy atom. The maximum atomic E-state index is 13.4. The first-order chi connectivity index (χ1) is 8.41. The Morgan fingerprint density at radius 1 is 1.50 bits per heavy atom. The topological polar surface area (TPSA) is 63.6 Å². The second-order valence-corrected chi connectivity index (χ2v) is 4.15. The van der Waals surface area contributed by atoms with Crippen LogP contribution in [0.1, 0.15) is 18.9 Å². The van der Waals surface area contributed by atoms with Crippen LogP contribution in [0.15, 0.2) is 18.2 Å². The highest BCUT2D eigenvalue weighted by Gasteiger charge is 2.21. The van der Waals surface area contributed by atoms with E-state index in [0.29, 0.717) is 0 Å². The molecular weight excluding hydrogens is 263 g/mol. The highest BCUT2D eigenvalue weighted by molar-refractivity contribution is 6.31. The van der Waals surface area contributed by atoms with E-state index in [9.17, 15) is 14.0 Å². The molecule has 1 atom stereocenters. The second-order valence-electron chi connectivity index (χ2n) is 3.74. The molecule has 0 heterocycles. The lowest BCUT2D eigenvalue weighted by Gasteiger charge is -2.13. The summed E-state index contributed by atoms with van der Waals surface area (Å²) in [6, 6.07) is 4.11. The molecule has 98 valence electrons. The van der Waals surface area contributed by atoms with Crippen molar-refractivity contribution in [1.82, 2.24) is 0 Å². The summed E-state index contributed by atoms with van der Waals surface area (Å²) >= 11 is 5.76. The molecule has 0 aliphatic heterocycles. The fourth-order valence-electron chi connectivity index (χ4n) is 1.33. The maximum Gasteiger partial charge on any atom is 0.333 e. The first-order valence-electron chi connectivity index (χ1n) is 5.18. The fraction of sp³-hybridized carbons (Fsp3) is 0.333. The fourth-order valence-corrected chi connectivity index (χ4v) is 1.55. The molecule has 0 spiro atoms. The van der Waals surface area contributed by atoms with Gasteiger partial charge in [0.1, 0.15) is 11.6 Å². The third kappa shape index (κ3) is 4.09. The molecule has 0 amide bonds. The van der Waals surface area contributed by atoms with Gasteiger partial charge >= 0.3 is 5.97 Å². The van der Waals surface area contributed by atoms with Crippen LogP contribution < -0.4 is 0 Å². The van der Waals surface area contributed by atoms with E-state index in [1.54, 1.807) is 0 Å². The lowest BCUT2D eigenvalue weighted by atomic mass is 10.2. The molecule has 1 aromatic rings. The zero-order chi connectivity index (χ0) is 13.7. The number of Topliss-reactive ketones (excluding diaryl/α,β-unsaturated/α-hetero) is 1. The average Bonchev–Trinajstić information content (AvgIpc) is 2.26. The summed E-state index contributed by atoms with van der Waals surface area (Å²) in [4.78, 5) is 21.7. The smallest absolute Gasteiger partial charge is 0.333 e. The van der Waals surface area contributed by atoms with Crippen molar-refractivity contribution in [3.05, 3.63) is 34.6 Å². The molecule has 1 N–H and O–H groups in total. The summed E-state index contributed by atoms with van der Waals surface area (Å²) in [6.07, 6.45) is -1.56. The van der Waals surface area contributed by atoms with Gasteiger partial charge in [0.05, 0.1) is 6.61 Å². The van der Waals surface area contributed by atoms with Crippen molar-refractivity contribution in [2.24, 2.45) is 0 Å². The Hall–Kier alpha value is -1.46. The van der Waals surface area contributed by atoms with Gasteiger partial charge in [0.15, 0.2) is 6.10 Å². The number of benzene rings is 1. The van der Waals surface area contributed by atoms with Gasteiger partial charge in [0, 0.05) is 17.0 Å². The summed E-state index contributed by atoms with van der Waals surface area (Å²) in [5, 5.41) is 8.99. The summed E-state index contributed by atoms with van der Waals surface area (Å²) in [6.45, 7) is 0.963. The summed E-state index contributed by atoms with van der Waals surface area (Å²) in [7, 11) is 0. The second kappa shape index (κ2) is 6.47. The van der Waals surface area contributed by atoms with Crippen LogP contribution in [0.4, 0.5) is 4.39 Å². The van der Waals surface area contributed by atoms with Crippen molar-refractivity contribution < 1.29 is 23.8 Å². The molecule has 0 radical (unpaired) electrons. The summed E-state index contributed by atoms with van der Waals surface area (Å²) < 4.78 is 18.4. The molecule has 0 bridgehead atoms. The van der Waals surface area contributed by atoms with Crippen LogP contribution in [-0.4, -0.2) is 23.0 Å². The average molecular weight is 275 g/mol. The van der Waals surface area contributed by atoms with Crippen LogP contribution in [0.3, 0.4) is 0 Å². The van der Waals surface area contributed by atoms with E-state index >= 15 is 0 Å². The van der Waals surface area contributed by atoms with Gasteiger partial charge in [-0.2, -0.15) is 0 Å². The monoisotopic (exact) mass is 274 g/mol. The van der Waals surface area contributed by atoms with Crippen molar-refractivity contribution in [2.75, 3.05) is 0 Å². The van der Waals surface area contributed by atoms with Crippen LogP contribution in [0.5, 0.6) is 0 Å². The molecule has 18 heavy (non-hydrogen) atoms. The Kier molecular flexibility index (Phi) is 5.25. The largest absolute Gasteiger partial charge is 0.479 e. The zero-order valence-corrected chi connectivity index (χ0v) is 10.4. The molecule has 0 saturated heterocycles. The van der Waals surface area contributed by atoms with E-state index in [2.05, 4.69) is 0 Å². The number of carbonyl (C=O) groups excluding carboxylic acids is 1. The number of ketones is 1. The molecule has 1 unspecified atom stereocenters. The number of hydrogen-bond acceptors (Lipinski definition) is 3. The first-order valence-corrected chi connectivity index (χ1v) is 5.56. The minimum absolute atomic E-state index is 0.0777. The third-order valence-electron chi connectivity index (χ3n) is 2.24. The third-order valence-corrected chi connectivity index (χ3v) is 2.59. The quantitative estimate of drug-likeness (QED) is 0.865. The van der Waals surface area contributed by atoms with Crippen molar-refractivity contribution >= 4 is 23.4 Å². The van der Waals surface area contributed by atoms with Crippen LogP contribution in [0.2, 0.25) is 5.02 Å². The van der Waals surface area contributed by atoms with Gasteiger partial charge in [0.2, 0.25) is 0 Å². The molecule has 0 aromatic heterocycles. The van der Waals surface area contributed by atoms with Crippen LogP contribution in [0, 0.1) is 5.82 Å². The van der Waals surface area contributed by atoms with Gasteiger partial charge in [0.25, 0.3) is 0 Å². The predicted molar refractivity (Wildman–Crippen MR) is 62.9 cm³/mol. The number of aliphatic carboxylic acids is 1. The van der Waals surface area contributed by atoms with E-state index in [1.807, 2.05) is 0 Å². The Morgan fingerprint density at radius 3 is 2.67 bits per heavy atom. The van der Waals surface area contributed by atoms with Crippen LogP contribution >= 0.6 is 11.6 Å². The van der Waals surface area contributed by atoms with Crippen LogP contribution in [0.25, 0.3) is 0 Å². The van der Waals surface area contributed by atoms with E-state index < -0.39 is 17.9 Å². The number of halogens is 2. The normalized spacial score (nSPS) is 12.2. The molecule has 1 aromatic carbocycles. The van der Waals surface area contributed by atoms with Crippen molar-refractivity contribution in [2.45, 2.75) is 26.1 Å². The minimum atomic E-state index is -1.29. The van der Waals surface area contributed by atoms with Gasteiger partial charge in [-0.1, -0.05) is 17.7 Å². The number of carboxylic acids is 1. The van der Waals surface area contributed by atoms with E-state index in [4.69, 9.17) is 21.4 Å². The summed E-state index contributed by atoms with van der Waals surface area (Å²) in [5.41, 5.74) is 0.0777.